The smallest absolute Gasteiger partial charge is 0.312 e. The van der Waals surface area contributed by atoms with Crippen molar-refractivity contribution in [1.82, 2.24) is 15.8 Å². The van der Waals surface area contributed by atoms with E-state index in [0.717, 1.165) is 17.0 Å². The molecule has 1 aliphatic heterocycles. The number of anilines is 1. The third kappa shape index (κ3) is 4.27. The molecule has 3 rings (SSSR count). The van der Waals surface area contributed by atoms with Crippen LogP contribution in [0.25, 0.3) is 0 Å². The van der Waals surface area contributed by atoms with Crippen LogP contribution in [0.1, 0.15) is 22.3 Å². The van der Waals surface area contributed by atoms with E-state index < -0.39 is 35.4 Å². The number of carbonyl (C=O) groups is 3. The van der Waals surface area contributed by atoms with E-state index in [4.69, 9.17) is 0 Å². The summed E-state index contributed by atoms with van der Waals surface area (Å²) < 4.78 is 38.6. The zero-order valence-corrected chi connectivity index (χ0v) is 14.4. The molecule has 0 bridgehead atoms. The predicted octanol–water partition coefficient (Wildman–Crippen LogP) is 1.91. The van der Waals surface area contributed by atoms with Crippen LogP contribution in [0.4, 0.5) is 18.9 Å². The SMILES string of the molecule is O=C(NNC(=O)[C@H]1CC(=O)N(c2cccc(C(F)(F)F)c2)C1)c1cccnc1. The molecule has 1 aromatic carbocycles. The van der Waals surface area contributed by atoms with Crippen LogP contribution in [0.2, 0.25) is 0 Å². The Morgan fingerprint density at radius 3 is 2.61 bits per heavy atom. The topological polar surface area (TPSA) is 91.4 Å². The Labute approximate surface area is 157 Å². The minimum absolute atomic E-state index is 0.0644. The van der Waals surface area contributed by atoms with Gasteiger partial charge in [0, 0.05) is 31.0 Å². The van der Waals surface area contributed by atoms with Gasteiger partial charge in [0.15, 0.2) is 0 Å². The van der Waals surface area contributed by atoms with Crippen LogP contribution in [0.15, 0.2) is 48.8 Å². The molecule has 3 amide bonds. The van der Waals surface area contributed by atoms with E-state index >= 15 is 0 Å². The van der Waals surface area contributed by atoms with Crippen LogP contribution in [-0.2, 0) is 15.8 Å². The third-order valence-electron chi connectivity index (χ3n) is 4.20. The van der Waals surface area contributed by atoms with Crippen molar-refractivity contribution in [3.05, 3.63) is 59.9 Å². The molecule has 28 heavy (non-hydrogen) atoms. The van der Waals surface area contributed by atoms with Crippen molar-refractivity contribution in [2.75, 3.05) is 11.4 Å². The Morgan fingerprint density at radius 2 is 1.93 bits per heavy atom. The van der Waals surface area contributed by atoms with Gasteiger partial charge in [-0.2, -0.15) is 13.2 Å². The van der Waals surface area contributed by atoms with Crippen LogP contribution >= 0.6 is 0 Å². The highest BCUT2D eigenvalue weighted by molar-refractivity contribution is 6.01. The number of hydrogen-bond donors (Lipinski definition) is 2. The van der Waals surface area contributed by atoms with Crippen LogP contribution < -0.4 is 15.8 Å². The molecule has 1 aliphatic rings. The molecule has 0 radical (unpaired) electrons. The Hall–Kier alpha value is -3.43. The number of carbonyl (C=O) groups excluding carboxylic acids is 3. The molecule has 2 aromatic rings. The number of nitrogens with one attached hydrogen (secondary N) is 2. The van der Waals surface area contributed by atoms with Gasteiger partial charge in [0.2, 0.25) is 11.8 Å². The normalized spacial score (nSPS) is 16.8. The summed E-state index contributed by atoms with van der Waals surface area (Å²) in [7, 11) is 0. The zero-order valence-electron chi connectivity index (χ0n) is 14.4. The van der Waals surface area contributed by atoms with Crippen molar-refractivity contribution in [1.29, 1.82) is 0 Å². The number of pyridine rings is 1. The van der Waals surface area contributed by atoms with E-state index in [2.05, 4.69) is 15.8 Å². The highest BCUT2D eigenvalue weighted by Gasteiger charge is 2.37. The third-order valence-corrected chi connectivity index (χ3v) is 4.20. The quantitative estimate of drug-likeness (QED) is 0.781. The summed E-state index contributed by atoms with van der Waals surface area (Å²) in [5, 5.41) is 0. The van der Waals surface area contributed by atoms with Gasteiger partial charge in [-0.3, -0.25) is 30.2 Å². The van der Waals surface area contributed by atoms with E-state index in [9.17, 15) is 27.6 Å². The van der Waals surface area contributed by atoms with Crippen molar-refractivity contribution in [2.45, 2.75) is 12.6 Å². The molecular weight excluding hydrogens is 377 g/mol. The second-order valence-electron chi connectivity index (χ2n) is 6.14. The van der Waals surface area contributed by atoms with Crippen molar-refractivity contribution in [3.63, 3.8) is 0 Å². The Bertz CT molecular complexity index is 902. The highest BCUT2D eigenvalue weighted by Crippen LogP contribution is 2.33. The summed E-state index contributed by atoms with van der Waals surface area (Å²) in [5.74, 6) is -2.48. The molecule has 1 fully saturated rings. The number of aromatic nitrogens is 1. The first-order valence-electron chi connectivity index (χ1n) is 8.23. The van der Waals surface area contributed by atoms with Crippen LogP contribution in [0, 0.1) is 5.92 Å². The molecule has 2 heterocycles. The average molecular weight is 392 g/mol. The minimum Gasteiger partial charge on any atom is -0.312 e. The largest absolute Gasteiger partial charge is 0.416 e. The maximum absolute atomic E-state index is 12.9. The Balaban J connectivity index is 1.63. The van der Waals surface area contributed by atoms with Crippen LogP contribution in [0.3, 0.4) is 0 Å². The molecule has 1 saturated heterocycles. The summed E-state index contributed by atoms with van der Waals surface area (Å²) in [6, 6.07) is 7.40. The van der Waals surface area contributed by atoms with Gasteiger partial charge in [-0.05, 0) is 30.3 Å². The maximum atomic E-state index is 12.9. The van der Waals surface area contributed by atoms with Gasteiger partial charge in [-0.15, -0.1) is 0 Å². The standard InChI is InChI=1S/C18H15F3N4O3/c19-18(20,21)13-4-1-5-14(8-13)25-10-12(7-15(25)26)17(28)24-23-16(27)11-3-2-6-22-9-11/h1-6,8-9,12H,7,10H2,(H,23,27)(H,24,28)/t12-/m0/s1. The highest BCUT2D eigenvalue weighted by atomic mass is 19.4. The molecule has 2 N–H and O–H groups in total. The number of amides is 3. The predicted molar refractivity (Wildman–Crippen MR) is 91.7 cm³/mol. The number of hydrogen-bond acceptors (Lipinski definition) is 4. The van der Waals surface area contributed by atoms with E-state index in [1.165, 1.54) is 30.6 Å². The second kappa shape index (κ2) is 7.67. The molecule has 10 heteroatoms. The number of halogens is 3. The lowest BCUT2D eigenvalue weighted by molar-refractivity contribution is -0.137. The van der Waals surface area contributed by atoms with Gasteiger partial charge in [0.25, 0.3) is 5.91 Å². The van der Waals surface area contributed by atoms with E-state index in [-0.39, 0.29) is 24.2 Å². The molecule has 1 atom stereocenters. The van der Waals surface area contributed by atoms with Gasteiger partial charge >= 0.3 is 6.18 Å². The molecular formula is C18H15F3N4O3. The summed E-state index contributed by atoms with van der Waals surface area (Å²) >= 11 is 0. The average Bonchev–Trinajstić information content (AvgIpc) is 3.08. The fourth-order valence-electron chi connectivity index (χ4n) is 2.77. The number of alkyl halides is 3. The Kier molecular flexibility index (Phi) is 5.30. The number of benzene rings is 1. The molecule has 7 nitrogen and oxygen atoms in total. The molecule has 0 aliphatic carbocycles. The lowest BCUT2D eigenvalue weighted by atomic mass is 10.1. The molecule has 0 unspecified atom stereocenters. The van der Waals surface area contributed by atoms with Crippen molar-refractivity contribution in [2.24, 2.45) is 5.92 Å². The number of nitrogens with zero attached hydrogens (tertiary/aromatic N) is 2. The van der Waals surface area contributed by atoms with Gasteiger partial charge < -0.3 is 4.90 Å². The number of hydrazine groups is 1. The lowest BCUT2D eigenvalue weighted by Crippen LogP contribution is -2.45. The summed E-state index contributed by atoms with van der Waals surface area (Å²) in [6.45, 7) is -0.0886. The fraction of sp³-hybridized carbons (Fsp3) is 0.222. The molecule has 146 valence electrons. The van der Waals surface area contributed by atoms with Gasteiger partial charge in [0.1, 0.15) is 0 Å². The molecule has 0 spiro atoms. The van der Waals surface area contributed by atoms with Crippen LogP contribution in [-0.4, -0.2) is 29.3 Å². The fourth-order valence-corrected chi connectivity index (χ4v) is 2.77. The molecule has 0 saturated carbocycles. The summed E-state index contributed by atoms with van der Waals surface area (Å²) in [4.78, 5) is 41.2. The van der Waals surface area contributed by atoms with E-state index in [1.807, 2.05) is 0 Å². The Morgan fingerprint density at radius 1 is 1.14 bits per heavy atom. The first-order chi connectivity index (χ1) is 13.3. The van der Waals surface area contributed by atoms with Gasteiger partial charge in [0.05, 0.1) is 17.0 Å². The monoisotopic (exact) mass is 392 g/mol. The molecule has 1 aromatic heterocycles. The summed E-state index contributed by atoms with van der Waals surface area (Å²) in [5.41, 5.74) is 3.86. The first kappa shape index (κ1) is 19.3. The summed E-state index contributed by atoms with van der Waals surface area (Å²) in [6.07, 6.45) is -1.91. The minimum atomic E-state index is -4.54. The van der Waals surface area contributed by atoms with Gasteiger partial charge in [-0.1, -0.05) is 6.07 Å². The van der Waals surface area contributed by atoms with Crippen molar-refractivity contribution in [3.8, 4) is 0 Å². The van der Waals surface area contributed by atoms with Crippen molar-refractivity contribution < 1.29 is 27.6 Å². The first-order valence-corrected chi connectivity index (χ1v) is 8.23. The van der Waals surface area contributed by atoms with E-state index in [1.54, 1.807) is 6.07 Å². The van der Waals surface area contributed by atoms with Crippen molar-refractivity contribution >= 4 is 23.4 Å². The second-order valence-corrected chi connectivity index (χ2v) is 6.14. The number of rotatable bonds is 3. The van der Waals surface area contributed by atoms with Crippen LogP contribution in [0.5, 0.6) is 0 Å². The zero-order chi connectivity index (χ0) is 20.3. The lowest BCUT2D eigenvalue weighted by Gasteiger charge is -2.18. The van der Waals surface area contributed by atoms with Gasteiger partial charge in [-0.25, -0.2) is 0 Å². The maximum Gasteiger partial charge on any atom is 0.416 e. The van der Waals surface area contributed by atoms with E-state index in [0.29, 0.717) is 0 Å².